The van der Waals surface area contributed by atoms with Crippen LogP contribution in [-0.4, -0.2) is 61.9 Å². The molecule has 1 saturated heterocycles. The minimum atomic E-state index is -1.08. The van der Waals surface area contributed by atoms with Crippen molar-refractivity contribution in [3.05, 3.63) is 23.8 Å². The fraction of sp³-hybridized carbons (Fsp3) is 0.429. The zero-order valence-electron chi connectivity index (χ0n) is 11.9. The van der Waals surface area contributed by atoms with Crippen LogP contribution in [-0.2, 0) is 9.53 Å². The molecule has 1 heterocycles. The molecule has 0 radical (unpaired) electrons. The summed E-state index contributed by atoms with van der Waals surface area (Å²) in [6.07, 6.45) is -1.00. The van der Waals surface area contributed by atoms with E-state index < -0.39 is 12.1 Å². The predicted octanol–water partition coefficient (Wildman–Crippen LogP) is 0.629. The first kappa shape index (κ1) is 15.1. The van der Waals surface area contributed by atoms with Gasteiger partial charge in [-0.1, -0.05) is 6.07 Å². The Kier molecular flexibility index (Phi) is 4.64. The molecule has 1 N–H and O–H groups in total. The zero-order valence-corrected chi connectivity index (χ0v) is 11.9. The van der Waals surface area contributed by atoms with Crippen molar-refractivity contribution in [3.63, 3.8) is 0 Å². The van der Waals surface area contributed by atoms with Crippen LogP contribution in [0.1, 0.15) is 10.4 Å². The third-order valence-corrected chi connectivity index (χ3v) is 3.26. The Bertz CT molecular complexity index is 544. The number of carboxylic acid groups (broad SMARTS) is 1. The molecule has 1 aliphatic rings. The molecular formula is C14H17NO6. The zero-order chi connectivity index (χ0) is 15.4. The molecule has 1 atom stereocenters. The molecule has 7 nitrogen and oxygen atoms in total. The second-order valence-electron chi connectivity index (χ2n) is 4.49. The van der Waals surface area contributed by atoms with Crippen LogP contribution in [0.2, 0.25) is 0 Å². The Labute approximate surface area is 122 Å². The molecule has 1 unspecified atom stereocenters. The molecule has 1 aromatic rings. The lowest BCUT2D eigenvalue weighted by Gasteiger charge is -2.31. The Morgan fingerprint density at radius 2 is 2.10 bits per heavy atom. The minimum Gasteiger partial charge on any atom is -0.493 e. The molecule has 0 bridgehead atoms. The summed E-state index contributed by atoms with van der Waals surface area (Å²) in [6, 6.07) is 4.99. The summed E-state index contributed by atoms with van der Waals surface area (Å²) in [5.41, 5.74) is 0.336. The molecular weight excluding hydrogens is 278 g/mol. The minimum absolute atomic E-state index is 0.00846. The number of benzene rings is 1. The van der Waals surface area contributed by atoms with E-state index in [1.165, 1.54) is 19.1 Å². The highest BCUT2D eigenvalue weighted by Crippen LogP contribution is 2.31. The topological polar surface area (TPSA) is 85.3 Å². The van der Waals surface area contributed by atoms with Gasteiger partial charge in [0.25, 0.3) is 5.91 Å². The van der Waals surface area contributed by atoms with E-state index in [1.807, 2.05) is 0 Å². The van der Waals surface area contributed by atoms with E-state index >= 15 is 0 Å². The van der Waals surface area contributed by atoms with Crippen molar-refractivity contribution in [2.45, 2.75) is 6.10 Å². The molecule has 1 amide bonds. The Morgan fingerprint density at radius 1 is 1.33 bits per heavy atom. The lowest BCUT2D eigenvalue weighted by Crippen LogP contribution is -2.48. The molecule has 114 valence electrons. The van der Waals surface area contributed by atoms with Gasteiger partial charge in [-0.15, -0.1) is 0 Å². The standard InChI is InChI=1S/C14H17NO6/c1-19-10-5-3-4-9(12(10)20-2)13(16)15-6-7-21-11(8-15)14(17)18/h3-5,11H,6-8H2,1-2H3,(H,17,18). The number of aliphatic carboxylic acids is 1. The summed E-state index contributed by atoms with van der Waals surface area (Å²) in [5.74, 6) is -0.597. The van der Waals surface area contributed by atoms with Gasteiger partial charge >= 0.3 is 5.97 Å². The van der Waals surface area contributed by atoms with Crippen molar-refractivity contribution in [3.8, 4) is 11.5 Å². The van der Waals surface area contributed by atoms with Crippen LogP contribution in [0, 0.1) is 0 Å². The van der Waals surface area contributed by atoms with Crippen molar-refractivity contribution in [2.24, 2.45) is 0 Å². The van der Waals surface area contributed by atoms with Gasteiger partial charge in [0.1, 0.15) is 0 Å². The maximum absolute atomic E-state index is 12.6. The highest BCUT2D eigenvalue weighted by Gasteiger charge is 2.31. The molecule has 0 spiro atoms. The van der Waals surface area contributed by atoms with E-state index in [0.717, 1.165) is 0 Å². The van der Waals surface area contributed by atoms with E-state index in [0.29, 0.717) is 23.6 Å². The second kappa shape index (κ2) is 6.45. The van der Waals surface area contributed by atoms with Gasteiger partial charge in [-0.3, -0.25) is 4.79 Å². The molecule has 2 rings (SSSR count). The van der Waals surface area contributed by atoms with Gasteiger partial charge in [0.2, 0.25) is 0 Å². The van der Waals surface area contributed by atoms with Gasteiger partial charge in [0, 0.05) is 6.54 Å². The van der Waals surface area contributed by atoms with Crippen LogP contribution in [0.25, 0.3) is 0 Å². The number of amides is 1. The average molecular weight is 295 g/mol. The summed E-state index contributed by atoms with van der Waals surface area (Å²) < 4.78 is 15.5. The highest BCUT2D eigenvalue weighted by molar-refractivity contribution is 5.98. The molecule has 1 aromatic carbocycles. The van der Waals surface area contributed by atoms with Crippen LogP contribution < -0.4 is 9.47 Å². The third-order valence-electron chi connectivity index (χ3n) is 3.26. The van der Waals surface area contributed by atoms with Crippen molar-refractivity contribution in [2.75, 3.05) is 33.9 Å². The van der Waals surface area contributed by atoms with Crippen LogP contribution in [0.4, 0.5) is 0 Å². The van der Waals surface area contributed by atoms with Crippen molar-refractivity contribution < 1.29 is 28.9 Å². The van der Waals surface area contributed by atoms with Crippen molar-refractivity contribution in [1.82, 2.24) is 4.90 Å². The van der Waals surface area contributed by atoms with Gasteiger partial charge in [-0.2, -0.15) is 0 Å². The number of carboxylic acids is 1. The smallest absolute Gasteiger partial charge is 0.334 e. The monoisotopic (exact) mass is 295 g/mol. The lowest BCUT2D eigenvalue weighted by molar-refractivity contribution is -0.154. The molecule has 0 saturated carbocycles. The summed E-state index contributed by atoms with van der Waals surface area (Å²) in [7, 11) is 2.94. The van der Waals surface area contributed by atoms with Crippen LogP contribution in [0.5, 0.6) is 11.5 Å². The quantitative estimate of drug-likeness (QED) is 0.877. The van der Waals surface area contributed by atoms with Gasteiger partial charge in [0.05, 0.1) is 32.9 Å². The molecule has 0 aromatic heterocycles. The number of carbonyl (C=O) groups excluding carboxylic acids is 1. The van der Waals surface area contributed by atoms with E-state index in [4.69, 9.17) is 19.3 Å². The highest BCUT2D eigenvalue weighted by atomic mass is 16.5. The Morgan fingerprint density at radius 3 is 2.71 bits per heavy atom. The SMILES string of the molecule is COc1cccc(C(=O)N2CCOC(C(=O)O)C2)c1OC. The summed E-state index contributed by atoms with van der Waals surface area (Å²) >= 11 is 0. The predicted molar refractivity (Wildman–Crippen MR) is 72.8 cm³/mol. The number of carbonyl (C=O) groups is 2. The van der Waals surface area contributed by atoms with E-state index in [9.17, 15) is 9.59 Å². The molecule has 1 fully saturated rings. The van der Waals surface area contributed by atoms with Crippen LogP contribution in [0.3, 0.4) is 0 Å². The van der Waals surface area contributed by atoms with E-state index in [1.54, 1.807) is 18.2 Å². The van der Waals surface area contributed by atoms with Crippen molar-refractivity contribution >= 4 is 11.9 Å². The first-order valence-electron chi connectivity index (χ1n) is 6.43. The molecule has 21 heavy (non-hydrogen) atoms. The molecule has 1 aliphatic heterocycles. The van der Waals surface area contributed by atoms with Gasteiger partial charge < -0.3 is 24.2 Å². The Balaban J connectivity index is 2.25. The molecule has 7 heteroatoms. The largest absolute Gasteiger partial charge is 0.493 e. The number of hydrogen-bond donors (Lipinski definition) is 1. The van der Waals surface area contributed by atoms with Crippen LogP contribution >= 0.6 is 0 Å². The average Bonchev–Trinajstić information content (AvgIpc) is 2.53. The van der Waals surface area contributed by atoms with Gasteiger partial charge in [0.15, 0.2) is 17.6 Å². The number of rotatable bonds is 4. The number of para-hydroxylation sites is 1. The first-order chi connectivity index (χ1) is 10.1. The summed E-state index contributed by atoms with van der Waals surface area (Å²) in [5, 5.41) is 8.98. The van der Waals surface area contributed by atoms with Gasteiger partial charge in [-0.25, -0.2) is 4.79 Å². The number of methoxy groups -OCH3 is 2. The normalized spacial score (nSPS) is 18.2. The van der Waals surface area contributed by atoms with Crippen molar-refractivity contribution in [1.29, 1.82) is 0 Å². The number of morpholine rings is 1. The second-order valence-corrected chi connectivity index (χ2v) is 4.49. The molecule has 0 aliphatic carbocycles. The number of hydrogen-bond acceptors (Lipinski definition) is 5. The number of nitrogens with zero attached hydrogens (tertiary/aromatic N) is 1. The maximum Gasteiger partial charge on any atom is 0.334 e. The first-order valence-corrected chi connectivity index (χ1v) is 6.43. The fourth-order valence-electron chi connectivity index (χ4n) is 2.21. The summed E-state index contributed by atoms with van der Waals surface area (Å²) in [6.45, 7) is 0.534. The van der Waals surface area contributed by atoms with Crippen LogP contribution in [0.15, 0.2) is 18.2 Å². The number of ether oxygens (including phenoxy) is 3. The van der Waals surface area contributed by atoms with Gasteiger partial charge in [-0.05, 0) is 12.1 Å². The maximum atomic E-state index is 12.6. The summed E-state index contributed by atoms with van der Waals surface area (Å²) in [4.78, 5) is 25.0. The Hall–Kier alpha value is -2.28. The fourth-order valence-corrected chi connectivity index (χ4v) is 2.21. The third kappa shape index (κ3) is 3.08. The lowest BCUT2D eigenvalue weighted by atomic mass is 10.1. The van der Waals surface area contributed by atoms with E-state index in [-0.39, 0.29) is 19.1 Å². The van der Waals surface area contributed by atoms with E-state index in [2.05, 4.69) is 0 Å².